The molecule has 0 radical (unpaired) electrons. The fourth-order valence-corrected chi connectivity index (χ4v) is 3.75. The van der Waals surface area contributed by atoms with Crippen LogP contribution < -0.4 is 4.74 Å². The molecule has 0 fully saturated rings. The lowest BCUT2D eigenvalue weighted by Crippen LogP contribution is -2.32. The largest absolute Gasteiger partial charge is 0.482 e. The van der Waals surface area contributed by atoms with Gasteiger partial charge in [-0.1, -0.05) is 66.7 Å². The number of hydrogen-bond donors (Lipinski definition) is 1. The smallest absolute Gasteiger partial charge is 0.341 e. The van der Waals surface area contributed by atoms with Crippen LogP contribution in [0.15, 0.2) is 97.1 Å². The number of carboxylic acid groups (broad SMARTS) is 1. The highest BCUT2D eigenvalue weighted by molar-refractivity contribution is 5.94. The molecule has 0 bridgehead atoms. The van der Waals surface area contributed by atoms with Crippen LogP contribution in [0.5, 0.6) is 5.75 Å². The fraction of sp³-hybridized carbons (Fsp3) is 0.143. The van der Waals surface area contributed by atoms with Gasteiger partial charge in [0.1, 0.15) is 5.75 Å². The van der Waals surface area contributed by atoms with Crippen molar-refractivity contribution in [2.75, 3.05) is 13.2 Å². The summed E-state index contributed by atoms with van der Waals surface area (Å²) in [5, 5.41) is 10.8. The van der Waals surface area contributed by atoms with E-state index in [2.05, 4.69) is 18.2 Å². The minimum Gasteiger partial charge on any atom is -0.482 e. The first kappa shape index (κ1) is 22.1. The van der Waals surface area contributed by atoms with Crippen LogP contribution in [-0.2, 0) is 17.8 Å². The minimum atomic E-state index is -1.01. The second kappa shape index (κ2) is 10.5. The second-order valence-electron chi connectivity index (χ2n) is 7.85. The summed E-state index contributed by atoms with van der Waals surface area (Å²) < 4.78 is 5.27. The Morgan fingerprint density at radius 1 is 0.758 bits per heavy atom. The average molecular weight is 440 g/mol. The van der Waals surface area contributed by atoms with Crippen LogP contribution in [0.1, 0.15) is 21.5 Å². The number of amides is 1. The van der Waals surface area contributed by atoms with Gasteiger partial charge in [-0.15, -0.1) is 0 Å². The lowest BCUT2D eigenvalue weighted by molar-refractivity contribution is -0.139. The van der Waals surface area contributed by atoms with Crippen molar-refractivity contribution < 1.29 is 19.4 Å². The van der Waals surface area contributed by atoms with Crippen LogP contribution in [0, 0.1) is 0 Å². The molecule has 1 amide bonds. The Balaban J connectivity index is 1.54. The van der Waals surface area contributed by atoms with Crippen LogP contribution in [-0.4, -0.2) is 35.0 Å². The summed E-state index contributed by atoms with van der Waals surface area (Å²) in [5.41, 5.74) is 2.89. The van der Waals surface area contributed by atoms with Crippen LogP contribution >= 0.6 is 0 Å². The van der Waals surface area contributed by atoms with E-state index < -0.39 is 5.97 Å². The number of carboxylic acids is 1. The monoisotopic (exact) mass is 439 g/mol. The lowest BCUT2D eigenvalue weighted by atomic mass is 10.1. The molecule has 0 aliphatic carbocycles. The summed E-state index contributed by atoms with van der Waals surface area (Å²) in [7, 11) is 0. The Kier molecular flexibility index (Phi) is 7.00. The number of nitrogens with zero attached hydrogens (tertiary/aromatic N) is 1. The molecular formula is C28H25NO4. The van der Waals surface area contributed by atoms with Crippen LogP contribution in [0.25, 0.3) is 10.8 Å². The number of ether oxygens (including phenoxy) is 1. The van der Waals surface area contributed by atoms with E-state index in [1.807, 2.05) is 77.7 Å². The van der Waals surface area contributed by atoms with Gasteiger partial charge in [-0.3, -0.25) is 4.79 Å². The Morgan fingerprint density at radius 3 is 2.15 bits per heavy atom. The molecule has 33 heavy (non-hydrogen) atoms. The summed E-state index contributed by atoms with van der Waals surface area (Å²) in [6, 6.07) is 31.0. The number of benzene rings is 4. The molecule has 0 atom stereocenters. The van der Waals surface area contributed by atoms with E-state index in [1.165, 1.54) is 5.56 Å². The van der Waals surface area contributed by atoms with Gasteiger partial charge in [0, 0.05) is 18.7 Å². The highest BCUT2D eigenvalue weighted by Gasteiger charge is 2.16. The first-order valence-corrected chi connectivity index (χ1v) is 10.8. The summed E-state index contributed by atoms with van der Waals surface area (Å²) >= 11 is 0. The summed E-state index contributed by atoms with van der Waals surface area (Å²) in [4.78, 5) is 25.9. The number of carbonyl (C=O) groups is 2. The molecule has 0 heterocycles. The van der Waals surface area contributed by atoms with Crippen molar-refractivity contribution >= 4 is 22.6 Å². The molecule has 5 nitrogen and oxygen atoms in total. The summed E-state index contributed by atoms with van der Waals surface area (Å²) in [6.07, 6.45) is 0.775. The third-order valence-corrected chi connectivity index (χ3v) is 5.43. The normalized spacial score (nSPS) is 10.7. The summed E-state index contributed by atoms with van der Waals surface area (Å²) in [6.45, 7) is 0.729. The van der Waals surface area contributed by atoms with E-state index in [9.17, 15) is 9.59 Å². The fourth-order valence-electron chi connectivity index (χ4n) is 3.75. The molecule has 0 aliphatic heterocycles. The third kappa shape index (κ3) is 5.98. The molecule has 4 aromatic rings. The van der Waals surface area contributed by atoms with Crippen molar-refractivity contribution in [3.63, 3.8) is 0 Å². The molecule has 0 saturated carbocycles. The van der Waals surface area contributed by atoms with Crippen molar-refractivity contribution in [3.8, 4) is 5.75 Å². The molecule has 0 unspecified atom stereocenters. The number of carbonyl (C=O) groups excluding carboxylic acids is 1. The Bertz CT molecular complexity index is 1240. The van der Waals surface area contributed by atoms with Gasteiger partial charge in [-0.05, 0) is 58.7 Å². The van der Waals surface area contributed by atoms with Crippen molar-refractivity contribution in [1.82, 2.24) is 4.90 Å². The van der Waals surface area contributed by atoms with Crippen molar-refractivity contribution in [2.24, 2.45) is 0 Å². The van der Waals surface area contributed by atoms with Gasteiger partial charge in [0.15, 0.2) is 6.61 Å². The first-order chi connectivity index (χ1) is 16.1. The van der Waals surface area contributed by atoms with Gasteiger partial charge in [0.05, 0.1) is 0 Å². The maximum Gasteiger partial charge on any atom is 0.341 e. The van der Waals surface area contributed by atoms with E-state index in [4.69, 9.17) is 9.84 Å². The standard InChI is InChI=1S/C28H25NO4/c30-27(31)20-33-26-14-13-24-17-22(11-12-25(24)18-26)19-29(16-15-21-7-3-1-4-8-21)28(32)23-9-5-2-6-10-23/h1-14,17-18H,15-16,19-20H2,(H,30,31). The molecule has 5 heteroatoms. The van der Waals surface area contributed by atoms with E-state index in [-0.39, 0.29) is 12.5 Å². The lowest BCUT2D eigenvalue weighted by Gasteiger charge is -2.23. The van der Waals surface area contributed by atoms with Gasteiger partial charge in [-0.2, -0.15) is 0 Å². The predicted octanol–water partition coefficient (Wildman–Crippen LogP) is 5.19. The van der Waals surface area contributed by atoms with E-state index in [1.54, 1.807) is 6.07 Å². The molecule has 4 rings (SSSR count). The molecule has 0 aromatic heterocycles. The minimum absolute atomic E-state index is 0.00375. The van der Waals surface area contributed by atoms with Gasteiger partial charge >= 0.3 is 5.97 Å². The Labute approximate surface area is 192 Å². The molecule has 0 spiro atoms. The van der Waals surface area contributed by atoms with Crippen LogP contribution in [0.4, 0.5) is 0 Å². The maximum atomic E-state index is 13.3. The van der Waals surface area contributed by atoms with Crippen molar-refractivity contribution in [1.29, 1.82) is 0 Å². The average Bonchev–Trinajstić information content (AvgIpc) is 2.86. The third-order valence-electron chi connectivity index (χ3n) is 5.43. The molecule has 0 saturated heterocycles. The SMILES string of the molecule is O=C(O)COc1ccc2cc(CN(CCc3ccccc3)C(=O)c3ccccc3)ccc2c1. The van der Waals surface area contributed by atoms with Gasteiger partial charge in [0.2, 0.25) is 0 Å². The van der Waals surface area contributed by atoms with E-state index in [0.717, 1.165) is 22.8 Å². The highest BCUT2D eigenvalue weighted by Crippen LogP contribution is 2.23. The number of aliphatic carboxylic acids is 1. The molecular weight excluding hydrogens is 414 g/mol. The van der Waals surface area contributed by atoms with E-state index in [0.29, 0.717) is 24.4 Å². The Hall–Kier alpha value is -4.12. The number of hydrogen-bond acceptors (Lipinski definition) is 3. The zero-order chi connectivity index (χ0) is 23.0. The number of fused-ring (bicyclic) bond motifs is 1. The Morgan fingerprint density at radius 2 is 1.42 bits per heavy atom. The molecule has 0 aliphatic rings. The van der Waals surface area contributed by atoms with Crippen LogP contribution in [0.3, 0.4) is 0 Å². The van der Waals surface area contributed by atoms with Crippen molar-refractivity contribution in [3.05, 3.63) is 114 Å². The highest BCUT2D eigenvalue weighted by atomic mass is 16.5. The first-order valence-electron chi connectivity index (χ1n) is 10.8. The molecule has 4 aromatic carbocycles. The van der Waals surface area contributed by atoms with Gasteiger partial charge in [0.25, 0.3) is 5.91 Å². The quantitative estimate of drug-likeness (QED) is 0.390. The van der Waals surface area contributed by atoms with Gasteiger partial charge in [-0.25, -0.2) is 4.79 Å². The number of rotatable bonds is 9. The second-order valence-corrected chi connectivity index (χ2v) is 7.85. The predicted molar refractivity (Wildman–Crippen MR) is 128 cm³/mol. The zero-order valence-electron chi connectivity index (χ0n) is 18.2. The maximum absolute atomic E-state index is 13.3. The van der Waals surface area contributed by atoms with E-state index >= 15 is 0 Å². The zero-order valence-corrected chi connectivity index (χ0v) is 18.2. The molecule has 166 valence electrons. The van der Waals surface area contributed by atoms with Crippen molar-refractivity contribution in [2.45, 2.75) is 13.0 Å². The topological polar surface area (TPSA) is 66.8 Å². The summed E-state index contributed by atoms with van der Waals surface area (Å²) in [5.74, 6) is -0.491. The van der Waals surface area contributed by atoms with Gasteiger partial charge < -0.3 is 14.7 Å². The van der Waals surface area contributed by atoms with Crippen LogP contribution in [0.2, 0.25) is 0 Å². The molecule has 1 N–H and O–H groups in total.